The second kappa shape index (κ2) is 3.46. The molecule has 0 aromatic heterocycles. The summed E-state index contributed by atoms with van der Waals surface area (Å²) in [6.45, 7) is 0. The first-order chi connectivity index (χ1) is 7.13. The van der Waals surface area contributed by atoms with Gasteiger partial charge in [-0.1, -0.05) is 0 Å². The summed E-state index contributed by atoms with van der Waals surface area (Å²) in [5, 5.41) is 18.4. The highest BCUT2D eigenvalue weighted by Crippen LogP contribution is 2.50. The van der Waals surface area contributed by atoms with E-state index in [-0.39, 0.29) is 17.6 Å². The molecule has 1 saturated carbocycles. The minimum Gasteiger partial charge on any atom is -0.508 e. The molecule has 4 heteroatoms. The highest BCUT2D eigenvalue weighted by molar-refractivity contribution is 5.75. The molecule has 0 aliphatic heterocycles. The highest BCUT2D eigenvalue weighted by Gasteiger charge is 2.45. The molecule has 4 nitrogen and oxygen atoms in total. The number of carboxylic acid groups (broad SMARTS) is 1. The molecular formula is C11H12O4. The van der Waals surface area contributed by atoms with Crippen molar-refractivity contribution in [1.29, 1.82) is 0 Å². The Morgan fingerprint density at radius 3 is 2.80 bits per heavy atom. The number of rotatable bonds is 3. The topological polar surface area (TPSA) is 66.8 Å². The first-order valence-electron chi connectivity index (χ1n) is 4.73. The lowest BCUT2D eigenvalue weighted by Gasteiger charge is -2.05. The molecule has 15 heavy (non-hydrogen) atoms. The van der Waals surface area contributed by atoms with Crippen LogP contribution in [0.25, 0.3) is 0 Å². The Hall–Kier alpha value is -1.71. The van der Waals surface area contributed by atoms with Crippen molar-refractivity contribution in [2.75, 3.05) is 7.11 Å². The van der Waals surface area contributed by atoms with Crippen molar-refractivity contribution < 1.29 is 19.7 Å². The average Bonchev–Trinajstić information content (AvgIpc) is 2.98. The van der Waals surface area contributed by atoms with Crippen LogP contribution in [-0.2, 0) is 4.79 Å². The third kappa shape index (κ3) is 1.75. The summed E-state index contributed by atoms with van der Waals surface area (Å²) in [5.41, 5.74) is 0.668. The van der Waals surface area contributed by atoms with Crippen LogP contribution in [0.2, 0.25) is 0 Å². The van der Waals surface area contributed by atoms with Crippen molar-refractivity contribution in [3.63, 3.8) is 0 Å². The lowest BCUT2D eigenvalue weighted by atomic mass is 10.1. The van der Waals surface area contributed by atoms with Crippen LogP contribution < -0.4 is 4.74 Å². The van der Waals surface area contributed by atoms with E-state index in [1.807, 2.05) is 0 Å². The molecule has 0 radical (unpaired) electrons. The molecule has 2 N–H and O–H groups in total. The molecule has 1 aromatic rings. The lowest BCUT2D eigenvalue weighted by Crippen LogP contribution is -1.99. The van der Waals surface area contributed by atoms with Crippen LogP contribution in [0.4, 0.5) is 0 Å². The number of carbonyl (C=O) groups is 1. The highest BCUT2D eigenvalue weighted by atomic mass is 16.5. The summed E-state index contributed by atoms with van der Waals surface area (Å²) < 4.78 is 5.02. The van der Waals surface area contributed by atoms with Crippen LogP contribution in [0.1, 0.15) is 17.9 Å². The molecular weight excluding hydrogens is 196 g/mol. The molecule has 2 rings (SSSR count). The zero-order chi connectivity index (χ0) is 11.0. The van der Waals surface area contributed by atoms with E-state index < -0.39 is 5.97 Å². The van der Waals surface area contributed by atoms with Gasteiger partial charge in [0, 0.05) is 11.5 Å². The first kappa shape index (κ1) is 9.83. The molecule has 0 bridgehead atoms. The van der Waals surface area contributed by atoms with E-state index in [0.717, 1.165) is 0 Å². The predicted octanol–water partition coefficient (Wildman–Crippen LogP) is 1.59. The maximum Gasteiger partial charge on any atom is 0.307 e. The fourth-order valence-electron chi connectivity index (χ4n) is 1.77. The molecule has 1 aliphatic rings. The predicted molar refractivity (Wildman–Crippen MR) is 53.1 cm³/mol. The molecule has 0 heterocycles. The Balaban J connectivity index is 2.25. The molecule has 80 valence electrons. The fraction of sp³-hybridized carbons (Fsp3) is 0.364. The van der Waals surface area contributed by atoms with Crippen LogP contribution in [0.3, 0.4) is 0 Å². The molecule has 1 aliphatic carbocycles. The first-order valence-corrected chi connectivity index (χ1v) is 4.73. The van der Waals surface area contributed by atoms with Gasteiger partial charge in [0.05, 0.1) is 13.0 Å². The summed E-state index contributed by atoms with van der Waals surface area (Å²) in [6.07, 6.45) is 0.593. The van der Waals surface area contributed by atoms with Gasteiger partial charge in [0.25, 0.3) is 0 Å². The molecule has 0 spiro atoms. The monoisotopic (exact) mass is 208 g/mol. The summed E-state index contributed by atoms with van der Waals surface area (Å²) >= 11 is 0. The van der Waals surface area contributed by atoms with Gasteiger partial charge in [-0.05, 0) is 24.6 Å². The Kier molecular flexibility index (Phi) is 2.26. The molecule has 2 atom stereocenters. The van der Waals surface area contributed by atoms with Crippen LogP contribution in [0.5, 0.6) is 11.5 Å². The lowest BCUT2D eigenvalue weighted by molar-refractivity contribution is -0.138. The van der Waals surface area contributed by atoms with Crippen LogP contribution >= 0.6 is 0 Å². The minimum atomic E-state index is -0.804. The maximum absolute atomic E-state index is 10.7. The summed E-state index contributed by atoms with van der Waals surface area (Å²) in [7, 11) is 1.54. The number of aliphatic carboxylic acids is 1. The number of phenols is 1. The average molecular weight is 208 g/mol. The normalized spacial score (nSPS) is 23.5. The summed E-state index contributed by atoms with van der Waals surface area (Å²) in [5.74, 6) is -0.453. The van der Waals surface area contributed by atoms with Gasteiger partial charge in [-0.3, -0.25) is 4.79 Å². The van der Waals surface area contributed by atoms with Gasteiger partial charge in [0.1, 0.15) is 11.5 Å². The minimum absolute atomic E-state index is 0.0717. The van der Waals surface area contributed by atoms with E-state index in [4.69, 9.17) is 9.84 Å². The molecule has 1 aromatic carbocycles. The maximum atomic E-state index is 10.7. The fourth-order valence-corrected chi connectivity index (χ4v) is 1.77. The Morgan fingerprint density at radius 2 is 2.27 bits per heavy atom. The summed E-state index contributed by atoms with van der Waals surface area (Å²) in [4.78, 5) is 10.7. The van der Waals surface area contributed by atoms with Gasteiger partial charge in [-0.2, -0.15) is 0 Å². The summed E-state index contributed by atoms with van der Waals surface area (Å²) in [6, 6.07) is 4.88. The largest absolute Gasteiger partial charge is 0.508 e. The molecule has 2 unspecified atom stereocenters. The zero-order valence-electron chi connectivity index (χ0n) is 8.30. The Labute approximate surface area is 87.1 Å². The van der Waals surface area contributed by atoms with Crippen molar-refractivity contribution >= 4 is 5.97 Å². The number of hydrogen-bond acceptors (Lipinski definition) is 3. The third-order valence-electron chi connectivity index (χ3n) is 2.74. The van der Waals surface area contributed by atoms with E-state index in [1.54, 1.807) is 12.1 Å². The second-order valence-corrected chi connectivity index (χ2v) is 3.71. The van der Waals surface area contributed by atoms with Gasteiger partial charge >= 0.3 is 5.97 Å². The van der Waals surface area contributed by atoms with E-state index in [9.17, 15) is 9.90 Å². The SMILES string of the molecule is COc1ccc(O)c(C2CC2C(=O)O)c1. The smallest absolute Gasteiger partial charge is 0.307 e. The van der Waals surface area contributed by atoms with Crippen molar-refractivity contribution in [2.45, 2.75) is 12.3 Å². The van der Waals surface area contributed by atoms with Gasteiger partial charge in [0.15, 0.2) is 0 Å². The number of hydrogen-bond donors (Lipinski definition) is 2. The number of phenolic OH excluding ortho intramolecular Hbond substituents is 1. The Bertz CT molecular complexity index is 400. The van der Waals surface area contributed by atoms with Crippen molar-refractivity contribution in [3.8, 4) is 11.5 Å². The number of methoxy groups -OCH3 is 1. The number of aromatic hydroxyl groups is 1. The van der Waals surface area contributed by atoms with Crippen molar-refractivity contribution in [3.05, 3.63) is 23.8 Å². The second-order valence-electron chi connectivity index (χ2n) is 3.71. The number of benzene rings is 1. The van der Waals surface area contributed by atoms with Crippen molar-refractivity contribution in [1.82, 2.24) is 0 Å². The van der Waals surface area contributed by atoms with Crippen LogP contribution in [-0.4, -0.2) is 23.3 Å². The van der Waals surface area contributed by atoms with E-state index in [2.05, 4.69) is 0 Å². The van der Waals surface area contributed by atoms with Gasteiger partial charge < -0.3 is 14.9 Å². The van der Waals surface area contributed by atoms with Crippen LogP contribution in [0, 0.1) is 5.92 Å². The zero-order valence-corrected chi connectivity index (χ0v) is 8.30. The van der Waals surface area contributed by atoms with Crippen LogP contribution in [0.15, 0.2) is 18.2 Å². The molecule has 0 amide bonds. The van der Waals surface area contributed by atoms with Gasteiger partial charge in [-0.15, -0.1) is 0 Å². The van der Waals surface area contributed by atoms with E-state index >= 15 is 0 Å². The number of carboxylic acids is 1. The van der Waals surface area contributed by atoms with Crippen molar-refractivity contribution in [2.24, 2.45) is 5.92 Å². The van der Waals surface area contributed by atoms with Gasteiger partial charge in [0.2, 0.25) is 0 Å². The van der Waals surface area contributed by atoms with Gasteiger partial charge in [-0.25, -0.2) is 0 Å². The van der Waals surface area contributed by atoms with E-state index in [1.165, 1.54) is 13.2 Å². The Morgan fingerprint density at radius 1 is 1.53 bits per heavy atom. The van der Waals surface area contributed by atoms with E-state index in [0.29, 0.717) is 17.7 Å². The molecule has 1 fully saturated rings. The quantitative estimate of drug-likeness (QED) is 0.791. The standard InChI is InChI=1S/C11H12O4/c1-15-6-2-3-10(12)8(4-6)7-5-9(7)11(13)14/h2-4,7,9,12H,5H2,1H3,(H,13,14). The number of ether oxygens (including phenoxy) is 1. The third-order valence-corrected chi connectivity index (χ3v) is 2.74. The molecule has 0 saturated heterocycles.